The van der Waals surface area contributed by atoms with E-state index in [9.17, 15) is 9.90 Å². The fraction of sp³-hybridized carbons (Fsp3) is 0.900. The molecule has 0 heterocycles. The molecule has 1 fully saturated rings. The van der Waals surface area contributed by atoms with Crippen LogP contribution in [0.5, 0.6) is 0 Å². The van der Waals surface area contributed by atoms with Gasteiger partial charge in [-0.3, -0.25) is 4.79 Å². The van der Waals surface area contributed by atoms with Crippen molar-refractivity contribution in [1.82, 2.24) is 4.90 Å². The number of ether oxygens (including phenoxy) is 1. The summed E-state index contributed by atoms with van der Waals surface area (Å²) in [6.07, 6.45) is 2.42. The maximum Gasteiger partial charge on any atom is 0.222 e. The minimum atomic E-state index is -0.576. The van der Waals surface area contributed by atoms with Crippen LogP contribution in [0, 0.1) is 5.92 Å². The summed E-state index contributed by atoms with van der Waals surface area (Å²) in [6, 6.07) is 0. The van der Waals surface area contributed by atoms with Crippen LogP contribution in [0.4, 0.5) is 0 Å². The SMILES string of the molecule is COCC(O)CN(C)C(=O)CC1CC1. The molecular weight excluding hydrogens is 182 g/mol. The molecule has 1 atom stereocenters. The van der Waals surface area contributed by atoms with E-state index in [1.54, 1.807) is 11.9 Å². The number of methoxy groups -OCH3 is 1. The van der Waals surface area contributed by atoms with Gasteiger partial charge in [0.25, 0.3) is 0 Å². The number of hydrogen-bond donors (Lipinski definition) is 1. The summed E-state index contributed by atoms with van der Waals surface area (Å²) < 4.78 is 4.79. The van der Waals surface area contributed by atoms with E-state index in [1.807, 2.05) is 0 Å². The van der Waals surface area contributed by atoms with Gasteiger partial charge in [-0.1, -0.05) is 0 Å². The zero-order valence-electron chi connectivity index (χ0n) is 8.90. The van der Waals surface area contributed by atoms with Crippen LogP contribution in [0.25, 0.3) is 0 Å². The van der Waals surface area contributed by atoms with E-state index in [2.05, 4.69) is 0 Å². The van der Waals surface area contributed by atoms with Crippen LogP contribution in [-0.2, 0) is 9.53 Å². The second kappa shape index (κ2) is 5.32. The number of aliphatic hydroxyl groups excluding tert-OH is 1. The van der Waals surface area contributed by atoms with Gasteiger partial charge in [0.15, 0.2) is 0 Å². The summed E-state index contributed by atoms with van der Waals surface area (Å²) in [7, 11) is 3.26. The van der Waals surface area contributed by atoms with Gasteiger partial charge in [-0.2, -0.15) is 0 Å². The lowest BCUT2D eigenvalue weighted by atomic mass is 10.2. The van der Waals surface area contributed by atoms with E-state index in [0.717, 1.165) is 0 Å². The van der Waals surface area contributed by atoms with Gasteiger partial charge in [-0.05, 0) is 18.8 Å². The van der Waals surface area contributed by atoms with Crippen LogP contribution >= 0.6 is 0 Å². The van der Waals surface area contributed by atoms with Gasteiger partial charge >= 0.3 is 0 Å². The number of rotatable bonds is 6. The van der Waals surface area contributed by atoms with Crippen LogP contribution in [-0.4, -0.2) is 49.3 Å². The van der Waals surface area contributed by atoms with E-state index in [0.29, 0.717) is 18.9 Å². The molecule has 0 aromatic carbocycles. The van der Waals surface area contributed by atoms with Gasteiger partial charge in [0, 0.05) is 27.1 Å². The quantitative estimate of drug-likeness (QED) is 0.670. The highest BCUT2D eigenvalue weighted by Crippen LogP contribution is 2.32. The molecule has 4 nitrogen and oxygen atoms in total. The zero-order chi connectivity index (χ0) is 10.6. The van der Waals surface area contributed by atoms with Crippen molar-refractivity contribution >= 4 is 5.91 Å². The fourth-order valence-corrected chi connectivity index (χ4v) is 1.39. The van der Waals surface area contributed by atoms with E-state index in [1.165, 1.54) is 20.0 Å². The molecule has 1 unspecified atom stereocenters. The maximum atomic E-state index is 11.5. The van der Waals surface area contributed by atoms with Gasteiger partial charge < -0.3 is 14.7 Å². The first-order valence-corrected chi connectivity index (χ1v) is 5.04. The highest BCUT2D eigenvalue weighted by atomic mass is 16.5. The van der Waals surface area contributed by atoms with Crippen molar-refractivity contribution in [3.63, 3.8) is 0 Å². The molecule has 0 bridgehead atoms. The molecule has 0 aliphatic heterocycles. The van der Waals surface area contributed by atoms with Crippen LogP contribution in [0.15, 0.2) is 0 Å². The van der Waals surface area contributed by atoms with Crippen LogP contribution < -0.4 is 0 Å². The normalized spacial score (nSPS) is 17.9. The Morgan fingerprint density at radius 2 is 2.29 bits per heavy atom. The minimum absolute atomic E-state index is 0.127. The van der Waals surface area contributed by atoms with Crippen molar-refractivity contribution in [2.24, 2.45) is 5.92 Å². The van der Waals surface area contributed by atoms with Crippen molar-refractivity contribution in [2.45, 2.75) is 25.4 Å². The third-order valence-corrected chi connectivity index (χ3v) is 2.43. The molecule has 1 aliphatic carbocycles. The van der Waals surface area contributed by atoms with E-state index < -0.39 is 6.10 Å². The van der Waals surface area contributed by atoms with Gasteiger partial charge in [0.05, 0.1) is 12.7 Å². The molecule has 1 aliphatic rings. The molecule has 82 valence electrons. The summed E-state index contributed by atoms with van der Waals surface area (Å²) >= 11 is 0. The third-order valence-electron chi connectivity index (χ3n) is 2.43. The average Bonchev–Trinajstić information content (AvgIpc) is 2.88. The Balaban J connectivity index is 2.17. The molecule has 0 radical (unpaired) electrons. The number of carbonyl (C=O) groups is 1. The lowest BCUT2D eigenvalue weighted by Gasteiger charge is -2.20. The van der Waals surface area contributed by atoms with Gasteiger partial charge in [0.2, 0.25) is 5.91 Å². The van der Waals surface area contributed by atoms with Gasteiger partial charge in [-0.15, -0.1) is 0 Å². The molecule has 0 aromatic heterocycles. The van der Waals surface area contributed by atoms with Crippen molar-refractivity contribution in [3.8, 4) is 0 Å². The summed E-state index contributed by atoms with van der Waals surface area (Å²) in [5, 5.41) is 9.40. The Hall–Kier alpha value is -0.610. The number of likely N-dealkylation sites (N-methyl/N-ethyl adjacent to an activating group) is 1. The highest BCUT2D eigenvalue weighted by molar-refractivity contribution is 5.76. The van der Waals surface area contributed by atoms with Crippen LogP contribution in [0.1, 0.15) is 19.3 Å². The Labute approximate surface area is 84.8 Å². The first-order chi connectivity index (χ1) is 6.63. The lowest BCUT2D eigenvalue weighted by molar-refractivity contribution is -0.131. The fourth-order valence-electron chi connectivity index (χ4n) is 1.39. The van der Waals surface area contributed by atoms with Gasteiger partial charge in [-0.25, -0.2) is 0 Å². The molecule has 1 rings (SSSR count). The van der Waals surface area contributed by atoms with E-state index >= 15 is 0 Å². The molecule has 0 spiro atoms. The number of hydrogen-bond acceptors (Lipinski definition) is 3. The standard InChI is InChI=1S/C10H19NO3/c1-11(6-9(12)7-14-2)10(13)5-8-3-4-8/h8-9,12H,3-7H2,1-2H3. The van der Waals surface area contributed by atoms with Crippen molar-refractivity contribution in [3.05, 3.63) is 0 Å². The smallest absolute Gasteiger partial charge is 0.222 e. The summed E-state index contributed by atoms with van der Waals surface area (Å²) in [4.78, 5) is 13.1. The first-order valence-electron chi connectivity index (χ1n) is 5.04. The van der Waals surface area contributed by atoms with E-state index in [4.69, 9.17) is 4.74 Å². The lowest BCUT2D eigenvalue weighted by Crippen LogP contribution is -2.36. The van der Waals surface area contributed by atoms with Crippen LogP contribution in [0.3, 0.4) is 0 Å². The Kier molecular flexibility index (Phi) is 4.35. The zero-order valence-corrected chi connectivity index (χ0v) is 8.90. The Bertz CT molecular complexity index is 192. The highest BCUT2D eigenvalue weighted by Gasteiger charge is 2.26. The van der Waals surface area contributed by atoms with Crippen molar-refractivity contribution < 1.29 is 14.6 Å². The number of amides is 1. The molecule has 1 N–H and O–H groups in total. The third kappa shape index (κ3) is 4.07. The topological polar surface area (TPSA) is 49.8 Å². The monoisotopic (exact) mass is 201 g/mol. The molecule has 0 aromatic rings. The van der Waals surface area contributed by atoms with Crippen LogP contribution in [0.2, 0.25) is 0 Å². The molecule has 4 heteroatoms. The summed E-state index contributed by atoms with van der Waals surface area (Å²) in [5.41, 5.74) is 0. The summed E-state index contributed by atoms with van der Waals surface area (Å²) in [6.45, 7) is 0.639. The average molecular weight is 201 g/mol. The number of carbonyl (C=O) groups excluding carboxylic acids is 1. The molecule has 0 saturated heterocycles. The van der Waals surface area contributed by atoms with Crippen molar-refractivity contribution in [2.75, 3.05) is 27.3 Å². The molecule has 1 amide bonds. The molecular formula is C10H19NO3. The Morgan fingerprint density at radius 1 is 1.64 bits per heavy atom. The molecule has 1 saturated carbocycles. The largest absolute Gasteiger partial charge is 0.389 e. The predicted octanol–water partition coefficient (Wildman–Crippen LogP) is 0.252. The molecule has 14 heavy (non-hydrogen) atoms. The minimum Gasteiger partial charge on any atom is -0.389 e. The van der Waals surface area contributed by atoms with E-state index in [-0.39, 0.29) is 12.5 Å². The summed E-state index contributed by atoms with van der Waals surface area (Å²) in [5.74, 6) is 0.729. The predicted molar refractivity (Wildman–Crippen MR) is 52.9 cm³/mol. The Morgan fingerprint density at radius 3 is 2.79 bits per heavy atom. The number of nitrogens with zero attached hydrogens (tertiary/aromatic N) is 1. The van der Waals surface area contributed by atoms with Gasteiger partial charge in [0.1, 0.15) is 0 Å². The maximum absolute atomic E-state index is 11.5. The second-order valence-corrected chi connectivity index (χ2v) is 4.03. The number of aliphatic hydroxyl groups is 1. The van der Waals surface area contributed by atoms with Crippen molar-refractivity contribution in [1.29, 1.82) is 0 Å². The first kappa shape index (κ1) is 11.5. The second-order valence-electron chi connectivity index (χ2n) is 4.03.